The van der Waals surface area contributed by atoms with Gasteiger partial charge >= 0.3 is 0 Å². The molecule has 0 aliphatic heterocycles. The lowest BCUT2D eigenvalue weighted by Gasteiger charge is -2.14. The summed E-state index contributed by atoms with van der Waals surface area (Å²) in [5.41, 5.74) is 4.69. The Bertz CT molecular complexity index is 1440. The quantitative estimate of drug-likeness (QED) is 0.191. The van der Waals surface area contributed by atoms with Crippen LogP contribution >= 0.6 is 0 Å². The summed E-state index contributed by atoms with van der Waals surface area (Å²) in [6.07, 6.45) is 0. The second-order valence-corrected chi connectivity index (χ2v) is 8.59. The van der Waals surface area contributed by atoms with Gasteiger partial charge in [0.15, 0.2) is 0 Å². The molecule has 1 heterocycles. The number of benzene rings is 4. The Hall–Kier alpha value is -5.51. The van der Waals surface area contributed by atoms with Gasteiger partial charge in [-0.1, -0.05) is 36.4 Å². The number of nitrogens with zero attached hydrogens (tertiary/aromatic N) is 8. The second-order valence-electron chi connectivity index (χ2n) is 8.59. The summed E-state index contributed by atoms with van der Waals surface area (Å²) in [7, 11) is 3.75. The van der Waals surface area contributed by atoms with Crippen LogP contribution in [0.2, 0.25) is 0 Å². The Kier molecular flexibility index (Phi) is 7.84. The third-order valence-electron chi connectivity index (χ3n) is 5.34. The SMILES string of the molecule is CN(C)c1nc(Nc2ccc(N=Nc3ccccc3)cc2)nc(Nc2ccc(N=Nc3ccccc3)cc2)n1. The molecule has 5 rings (SSSR count). The van der Waals surface area contributed by atoms with E-state index in [4.69, 9.17) is 0 Å². The average Bonchev–Trinajstić information content (AvgIpc) is 2.97. The van der Waals surface area contributed by atoms with E-state index < -0.39 is 0 Å². The number of rotatable bonds is 9. The molecule has 0 bridgehead atoms. The van der Waals surface area contributed by atoms with Crippen molar-refractivity contribution in [2.45, 2.75) is 0 Å². The molecule has 10 heteroatoms. The first-order valence-corrected chi connectivity index (χ1v) is 12.2. The molecular weight excluding hydrogens is 488 g/mol. The Morgan fingerprint density at radius 3 is 1.18 bits per heavy atom. The van der Waals surface area contributed by atoms with E-state index in [1.54, 1.807) is 0 Å². The van der Waals surface area contributed by atoms with Gasteiger partial charge in [-0.2, -0.15) is 35.4 Å². The molecule has 5 aromatic rings. The zero-order chi connectivity index (χ0) is 26.9. The highest BCUT2D eigenvalue weighted by Crippen LogP contribution is 2.25. The van der Waals surface area contributed by atoms with E-state index in [1.165, 1.54) is 0 Å². The number of hydrogen-bond acceptors (Lipinski definition) is 10. The number of hydrogen-bond donors (Lipinski definition) is 2. The van der Waals surface area contributed by atoms with Gasteiger partial charge in [0, 0.05) is 25.5 Å². The van der Waals surface area contributed by atoms with Crippen LogP contribution < -0.4 is 15.5 Å². The van der Waals surface area contributed by atoms with Crippen molar-refractivity contribution in [2.24, 2.45) is 20.5 Å². The molecule has 2 N–H and O–H groups in total. The van der Waals surface area contributed by atoms with Crippen LogP contribution in [0.4, 0.5) is 52.0 Å². The van der Waals surface area contributed by atoms with Crippen LogP contribution in [-0.2, 0) is 0 Å². The zero-order valence-electron chi connectivity index (χ0n) is 21.5. The van der Waals surface area contributed by atoms with Crippen LogP contribution in [0, 0.1) is 0 Å². The van der Waals surface area contributed by atoms with Gasteiger partial charge in [-0.05, 0) is 72.8 Å². The summed E-state index contributed by atoms with van der Waals surface area (Å²) in [5.74, 6) is 1.32. The van der Waals surface area contributed by atoms with Gasteiger partial charge in [0.2, 0.25) is 17.8 Å². The van der Waals surface area contributed by atoms with Crippen LogP contribution in [0.5, 0.6) is 0 Å². The predicted octanol–water partition coefficient (Wildman–Crippen LogP) is 8.26. The first kappa shape index (κ1) is 25.2. The molecule has 0 fully saturated rings. The summed E-state index contributed by atoms with van der Waals surface area (Å²) in [6.45, 7) is 0. The maximum absolute atomic E-state index is 4.55. The summed E-state index contributed by atoms with van der Waals surface area (Å²) >= 11 is 0. The van der Waals surface area contributed by atoms with Crippen molar-refractivity contribution >= 4 is 52.0 Å². The molecule has 1 aromatic heterocycles. The lowest BCUT2D eigenvalue weighted by molar-refractivity contribution is 0.966. The summed E-state index contributed by atoms with van der Waals surface area (Å²) in [4.78, 5) is 15.4. The smallest absolute Gasteiger partial charge is 0.233 e. The Labute approximate surface area is 226 Å². The Morgan fingerprint density at radius 2 is 0.821 bits per heavy atom. The predicted molar refractivity (Wildman–Crippen MR) is 155 cm³/mol. The summed E-state index contributed by atoms with van der Waals surface area (Å²) < 4.78 is 0. The summed E-state index contributed by atoms with van der Waals surface area (Å²) in [6, 6.07) is 34.3. The van der Waals surface area contributed by atoms with E-state index in [0.29, 0.717) is 17.8 Å². The molecule has 192 valence electrons. The highest BCUT2D eigenvalue weighted by Gasteiger charge is 2.09. The minimum Gasteiger partial charge on any atom is -0.347 e. The van der Waals surface area contributed by atoms with E-state index in [2.05, 4.69) is 46.0 Å². The lowest BCUT2D eigenvalue weighted by atomic mass is 10.3. The van der Waals surface area contributed by atoms with E-state index >= 15 is 0 Å². The molecule has 0 unspecified atom stereocenters. The molecule has 0 aliphatic rings. The molecule has 0 saturated carbocycles. The van der Waals surface area contributed by atoms with Gasteiger partial charge in [0.25, 0.3) is 0 Å². The third-order valence-corrected chi connectivity index (χ3v) is 5.34. The van der Waals surface area contributed by atoms with Crippen molar-refractivity contribution in [2.75, 3.05) is 29.6 Å². The largest absolute Gasteiger partial charge is 0.347 e. The van der Waals surface area contributed by atoms with E-state index in [-0.39, 0.29) is 0 Å². The van der Waals surface area contributed by atoms with Crippen LogP contribution in [0.25, 0.3) is 0 Å². The van der Waals surface area contributed by atoms with Crippen LogP contribution in [0.3, 0.4) is 0 Å². The molecule has 39 heavy (non-hydrogen) atoms. The second kappa shape index (κ2) is 12.2. The maximum Gasteiger partial charge on any atom is 0.233 e. The monoisotopic (exact) mass is 514 g/mol. The average molecular weight is 515 g/mol. The number of aromatic nitrogens is 3. The number of azo groups is 2. The zero-order valence-corrected chi connectivity index (χ0v) is 21.5. The van der Waals surface area contributed by atoms with Crippen molar-refractivity contribution in [1.82, 2.24) is 15.0 Å². The van der Waals surface area contributed by atoms with E-state index in [1.807, 2.05) is 128 Å². The molecule has 0 amide bonds. The molecule has 10 nitrogen and oxygen atoms in total. The first-order valence-electron chi connectivity index (χ1n) is 12.2. The Morgan fingerprint density at radius 1 is 0.462 bits per heavy atom. The third kappa shape index (κ3) is 7.26. The minimum absolute atomic E-state index is 0.406. The van der Waals surface area contributed by atoms with Gasteiger partial charge in [-0.15, -0.1) is 0 Å². The maximum atomic E-state index is 4.55. The van der Waals surface area contributed by atoms with Crippen LogP contribution in [0.15, 0.2) is 130 Å². The highest BCUT2D eigenvalue weighted by atomic mass is 15.3. The topological polar surface area (TPSA) is 115 Å². The van der Waals surface area contributed by atoms with Crippen molar-refractivity contribution < 1.29 is 0 Å². The van der Waals surface area contributed by atoms with E-state index in [9.17, 15) is 0 Å². The van der Waals surface area contributed by atoms with Crippen LogP contribution in [0.1, 0.15) is 0 Å². The van der Waals surface area contributed by atoms with Crippen molar-refractivity contribution in [3.8, 4) is 0 Å². The number of anilines is 5. The fraction of sp³-hybridized carbons (Fsp3) is 0.0690. The van der Waals surface area contributed by atoms with Gasteiger partial charge in [0.05, 0.1) is 22.7 Å². The standard InChI is InChI=1S/C29H26N10/c1-39(2)29-33-27(30-21-13-17-25(18-14-21)37-35-23-9-5-3-6-10-23)32-28(34-29)31-22-15-19-26(20-16-22)38-36-24-11-7-4-8-12-24/h3-20H,1-2H3,(H2,30,31,32,33,34). The lowest BCUT2D eigenvalue weighted by Crippen LogP contribution is -2.15. The van der Waals surface area contributed by atoms with Gasteiger partial charge in [0.1, 0.15) is 0 Å². The van der Waals surface area contributed by atoms with Gasteiger partial charge < -0.3 is 15.5 Å². The Balaban J connectivity index is 1.27. The molecule has 0 aliphatic carbocycles. The van der Waals surface area contributed by atoms with E-state index in [0.717, 1.165) is 34.1 Å². The van der Waals surface area contributed by atoms with Crippen molar-refractivity contribution in [1.29, 1.82) is 0 Å². The molecule has 4 aromatic carbocycles. The van der Waals surface area contributed by atoms with Crippen molar-refractivity contribution in [3.05, 3.63) is 109 Å². The van der Waals surface area contributed by atoms with Crippen molar-refractivity contribution in [3.63, 3.8) is 0 Å². The summed E-state index contributed by atoms with van der Waals surface area (Å²) in [5, 5.41) is 23.5. The van der Waals surface area contributed by atoms with Gasteiger partial charge in [-0.25, -0.2) is 0 Å². The van der Waals surface area contributed by atoms with Gasteiger partial charge in [-0.3, -0.25) is 0 Å². The van der Waals surface area contributed by atoms with Crippen LogP contribution in [-0.4, -0.2) is 29.0 Å². The molecule has 0 spiro atoms. The fourth-order valence-corrected chi connectivity index (χ4v) is 3.38. The molecule has 0 atom stereocenters. The molecular formula is C29H26N10. The number of nitrogens with one attached hydrogen (secondary N) is 2. The first-order chi connectivity index (χ1) is 19.1. The molecule has 0 saturated heterocycles. The minimum atomic E-state index is 0.406. The normalized spacial score (nSPS) is 11.1. The fourth-order valence-electron chi connectivity index (χ4n) is 3.38. The molecule has 0 radical (unpaired) electrons. The highest BCUT2D eigenvalue weighted by molar-refractivity contribution is 5.62.